The minimum Gasteiger partial charge on any atom is -0.329 e. The highest BCUT2D eigenvalue weighted by molar-refractivity contribution is 8.77. The Hall–Kier alpha value is 0.950. The first kappa shape index (κ1) is 8.95. The van der Waals surface area contributed by atoms with Crippen LogP contribution in [0, 0.1) is 0 Å². The van der Waals surface area contributed by atoms with E-state index in [2.05, 4.69) is 0 Å². The molecule has 1 saturated heterocycles. The average Bonchev–Trinajstić information content (AvgIpc) is 2.14. The monoisotopic (exact) mass is 171 g/mol. The summed E-state index contributed by atoms with van der Waals surface area (Å²) in [5.74, 6) is 1.30. The second kappa shape index (κ2) is 4.79. The first-order valence-electron chi connectivity index (χ1n) is 2.42. The van der Waals surface area contributed by atoms with E-state index in [0.29, 0.717) is 0 Å². The molecule has 0 radical (unpaired) electrons. The zero-order valence-electron chi connectivity index (χ0n) is 4.50. The van der Waals surface area contributed by atoms with Gasteiger partial charge in [0.25, 0.3) is 0 Å². The molecule has 1 nitrogen and oxygen atoms in total. The molecule has 1 atom stereocenters. The van der Waals surface area contributed by atoms with Crippen LogP contribution in [0.5, 0.6) is 0 Å². The molecule has 1 unspecified atom stereocenters. The lowest BCUT2D eigenvalue weighted by atomic mass is 10.3. The lowest BCUT2D eigenvalue weighted by molar-refractivity contribution is 0.848. The molecule has 0 aromatic rings. The van der Waals surface area contributed by atoms with Gasteiger partial charge in [-0.05, 0) is 6.42 Å². The zero-order valence-corrected chi connectivity index (χ0v) is 6.95. The van der Waals surface area contributed by atoms with Gasteiger partial charge in [-0.15, -0.1) is 12.4 Å². The molecule has 0 aromatic heterocycles. The Kier molecular flexibility index (Phi) is 5.36. The third-order valence-corrected chi connectivity index (χ3v) is 3.95. The molecule has 1 heterocycles. The van der Waals surface area contributed by atoms with Crippen molar-refractivity contribution < 1.29 is 0 Å². The maximum atomic E-state index is 5.40. The van der Waals surface area contributed by atoms with Crippen molar-refractivity contribution in [2.24, 2.45) is 5.73 Å². The van der Waals surface area contributed by atoms with Gasteiger partial charge in [0.1, 0.15) is 0 Å². The van der Waals surface area contributed by atoms with Crippen LogP contribution in [0.4, 0.5) is 0 Å². The zero-order chi connectivity index (χ0) is 5.11. The van der Waals surface area contributed by atoms with Gasteiger partial charge in [-0.2, -0.15) is 0 Å². The van der Waals surface area contributed by atoms with E-state index in [1.54, 1.807) is 0 Å². The molecule has 0 amide bonds. The number of rotatable bonds is 1. The number of hydrogen-bond acceptors (Lipinski definition) is 3. The highest BCUT2D eigenvalue weighted by Gasteiger charge is 2.13. The van der Waals surface area contributed by atoms with Crippen molar-refractivity contribution in [3.8, 4) is 0 Å². The number of hydrogen-bond donors (Lipinski definition) is 1. The molecule has 1 aliphatic rings. The van der Waals surface area contributed by atoms with Gasteiger partial charge in [-0.3, -0.25) is 0 Å². The molecule has 50 valence electrons. The molecule has 0 saturated carbocycles. The Morgan fingerprint density at radius 3 is 2.62 bits per heavy atom. The van der Waals surface area contributed by atoms with E-state index in [-0.39, 0.29) is 12.4 Å². The summed E-state index contributed by atoms with van der Waals surface area (Å²) in [6.07, 6.45) is 1.31. The first-order chi connectivity index (χ1) is 3.43. The predicted molar refractivity (Wildman–Crippen MR) is 44.8 cm³/mol. The molecule has 0 spiro atoms. The summed E-state index contributed by atoms with van der Waals surface area (Å²) in [6.45, 7) is 0.859. The van der Waals surface area contributed by atoms with Gasteiger partial charge >= 0.3 is 0 Å². The quantitative estimate of drug-likeness (QED) is 0.606. The molecule has 4 heteroatoms. The molecule has 1 aliphatic heterocycles. The van der Waals surface area contributed by atoms with Crippen LogP contribution >= 0.6 is 34.0 Å². The minimum atomic E-state index is 0. The van der Waals surface area contributed by atoms with Gasteiger partial charge in [-0.1, -0.05) is 21.6 Å². The third kappa shape index (κ3) is 2.49. The summed E-state index contributed by atoms with van der Waals surface area (Å²) in [4.78, 5) is 0. The van der Waals surface area contributed by atoms with Crippen molar-refractivity contribution in [1.82, 2.24) is 0 Å². The standard InChI is InChI=1S/C4H9NS2.ClH/c5-3-4-1-2-6-7-4;/h4H,1-3,5H2;1H. The van der Waals surface area contributed by atoms with Crippen LogP contribution < -0.4 is 5.73 Å². The molecule has 1 rings (SSSR count). The van der Waals surface area contributed by atoms with Crippen LogP contribution in [0.15, 0.2) is 0 Å². The Bertz CT molecular complexity index is 56.0. The van der Waals surface area contributed by atoms with Crippen LogP contribution in [0.25, 0.3) is 0 Å². The van der Waals surface area contributed by atoms with Gasteiger partial charge in [0.05, 0.1) is 0 Å². The summed E-state index contributed by atoms with van der Waals surface area (Å²) in [7, 11) is 3.88. The second-order valence-electron chi connectivity index (χ2n) is 1.56. The van der Waals surface area contributed by atoms with Gasteiger partial charge in [-0.25, -0.2) is 0 Å². The average molecular weight is 172 g/mol. The van der Waals surface area contributed by atoms with E-state index in [0.717, 1.165) is 11.8 Å². The maximum Gasteiger partial charge on any atom is 0.0282 e. The fraction of sp³-hybridized carbons (Fsp3) is 1.00. The van der Waals surface area contributed by atoms with Crippen molar-refractivity contribution in [3.63, 3.8) is 0 Å². The van der Waals surface area contributed by atoms with E-state index < -0.39 is 0 Å². The topological polar surface area (TPSA) is 26.0 Å². The molecular formula is C4H10ClNS2. The fourth-order valence-corrected chi connectivity index (χ4v) is 3.32. The van der Waals surface area contributed by atoms with E-state index >= 15 is 0 Å². The van der Waals surface area contributed by atoms with Gasteiger partial charge in [0.15, 0.2) is 0 Å². The SMILES string of the molecule is Cl.NCC1CCSS1. The van der Waals surface area contributed by atoms with Crippen molar-refractivity contribution in [3.05, 3.63) is 0 Å². The molecular weight excluding hydrogens is 162 g/mol. The lowest BCUT2D eigenvalue weighted by Crippen LogP contribution is -2.12. The molecule has 0 aliphatic carbocycles. The summed E-state index contributed by atoms with van der Waals surface area (Å²) in [5.41, 5.74) is 5.40. The highest BCUT2D eigenvalue weighted by atomic mass is 35.5. The van der Waals surface area contributed by atoms with Crippen LogP contribution in [0.3, 0.4) is 0 Å². The number of nitrogens with two attached hydrogens (primary N) is 1. The van der Waals surface area contributed by atoms with Crippen LogP contribution in [-0.4, -0.2) is 17.5 Å². The maximum absolute atomic E-state index is 5.40. The lowest BCUT2D eigenvalue weighted by Gasteiger charge is -1.97. The van der Waals surface area contributed by atoms with Crippen LogP contribution in [0.1, 0.15) is 6.42 Å². The number of halogens is 1. The van der Waals surface area contributed by atoms with Crippen LogP contribution in [-0.2, 0) is 0 Å². The van der Waals surface area contributed by atoms with E-state index in [9.17, 15) is 0 Å². The summed E-state index contributed by atoms with van der Waals surface area (Å²) in [6, 6.07) is 0. The Morgan fingerprint density at radius 2 is 2.38 bits per heavy atom. The highest BCUT2D eigenvalue weighted by Crippen LogP contribution is 2.36. The Morgan fingerprint density at radius 1 is 1.62 bits per heavy atom. The van der Waals surface area contributed by atoms with Gasteiger partial charge in [0.2, 0.25) is 0 Å². The van der Waals surface area contributed by atoms with Crippen LogP contribution in [0.2, 0.25) is 0 Å². The van der Waals surface area contributed by atoms with Crippen molar-refractivity contribution in [2.75, 3.05) is 12.3 Å². The third-order valence-electron chi connectivity index (χ3n) is 0.990. The summed E-state index contributed by atoms with van der Waals surface area (Å²) in [5, 5.41) is 0.755. The van der Waals surface area contributed by atoms with E-state index in [4.69, 9.17) is 5.73 Å². The fourth-order valence-electron chi connectivity index (χ4n) is 0.529. The smallest absolute Gasteiger partial charge is 0.0282 e. The van der Waals surface area contributed by atoms with Crippen molar-refractivity contribution >= 4 is 34.0 Å². The predicted octanol–water partition coefficient (Wildman–Crippen LogP) is 1.52. The Labute approximate surface area is 64.0 Å². The molecule has 0 aromatic carbocycles. The first-order valence-corrected chi connectivity index (χ1v) is 4.80. The summed E-state index contributed by atoms with van der Waals surface area (Å²) < 4.78 is 0. The van der Waals surface area contributed by atoms with Crippen molar-refractivity contribution in [2.45, 2.75) is 11.7 Å². The van der Waals surface area contributed by atoms with Gasteiger partial charge in [0, 0.05) is 17.5 Å². The van der Waals surface area contributed by atoms with Crippen molar-refractivity contribution in [1.29, 1.82) is 0 Å². The normalized spacial score (nSPS) is 27.4. The molecule has 1 fully saturated rings. The molecule has 8 heavy (non-hydrogen) atoms. The molecule has 2 N–H and O–H groups in total. The van der Waals surface area contributed by atoms with Gasteiger partial charge < -0.3 is 5.73 Å². The summed E-state index contributed by atoms with van der Waals surface area (Å²) >= 11 is 0. The Balaban J connectivity index is 0.000000490. The molecule has 0 bridgehead atoms. The minimum absolute atomic E-state index is 0. The van der Waals surface area contributed by atoms with E-state index in [1.807, 2.05) is 21.6 Å². The van der Waals surface area contributed by atoms with E-state index in [1.165, 1.54) is 12.2 Å². The second-order valence-corrected chi connectivity index (χ2v) is 4.35. The largest absolute Gasteiger partial charge is 0.329 e.